The largest absolute Gasteiger partial charge is 0.448 e. The summed E-state index contributed by atoms with van der Waals surface area (Å²) in [4.78, 5) is 8.25. The van der Waals surface area contributed by atoms with Gasteiger partial charge >= 0.3 is 0 Å². The normalized spacial score (nSPS) is 12.5. The minimum absolute atomic E-state index is 0.128. The van der Waals surface area contributed by atoms with Gasteiger partial charge in [-0.15, -0.1) is 0 Å². The molecule has 1 aromatic heterocycles. The molecular formula is C11H10N4O2. The number of rotatable bonds is 2. The fourth-order valence-corrected chi connectivity index (χ4v) is 1.53. The Kier molecular flexibility index (Phi) is 2.18. The van der Waals surface area contributed by atoms with Crippen LogP contribution in [0.2, 0.25) is 0 Å². The molecule has 2 heterocycles. The number of nitrogens with two attached hydrogens (primary N) is 1. The van der Waals surface area contributed by atoms with Crippen LogP contribution >= 0.6 is 0 Å². The summed E-state index contributed by atoms with van der Waals surface area (Å²) in [7, 11) is 0. The van der Waals surface area contributed by atoms with E-state index in [4.69, 9.17) is 15.2 Å². The highest BCUT2D eigenvalue weighted by Gasteiger charge is 2.20. The van der Waals surface area contributed by atoms with Crippen LogP contribution in [0.5, 0.6) is 11.6 Å². The number of anilines is 3. The first-order chi connectivity index (χ1) is 8.33. The van der Waals surface area contributed by atoms with Crippen LogP contribution in [0.1, 0.15) is 0 Å². The number of benzene rings is 1. The average Bonchev–Trinajstić information content (AvgIpc) is 2.79. The van der Waals surface area contributed by atoms with Gasteiger partial charge in [-0.3, -0.25) is 0 Å². The number of hydrogen-bond acceptors (Lipinski definition) is 6. The molecule has 0 aliphatic carbocycles. The molecule has 0 fully saturated rings. The standard InChI is InChI=1S/C11H10N4O2/c12-9-8-10(17-6-16-8)15-11(14-9)13-7-4-2-1-3-5-7/h1-5H,6H2,(H3,12,13,14,15). The Balaban J connectivity index is 1.92. The Morgan fingerprint density at radius 3 is 2.76 bits per heavy atom. The first kappa shape index (κ1) is 9.71. The zero-order valence-corrected chi connectivity index (χ0v) is 8.88. The lowest BCUT2D eigenvalue weighted by Gasteiger charge is -2.06. The molecule has 0 atom stereocenters. The number of aromatic nitrogens is 2. The Hall–Kier alpha value is -2.50. The predicted octanol–water partition coefficient (Wildman–Crippen LogP) is 1.53. The van der Waals surface area contributed by atoms with Crippen molar-refractivity contribution in [2.24, 2.45) is 0 Å². The van der Waals surface area contributed by atoms with Crippen molar-refractivity contribution < 1.29 is 9.47 Å². The highest BCUT2D eigenvalue weighted by molar-refractivity contribution is 5.60. The lowest BCUT2D eigenvalue weighted by Crippen LogP contribution is -2.01. The molecule has 1 aliphatic heterocycles. The number of nitrogens with one attached hydrogen (secondary N) is 1. The molecule has 6 heteroatoms. The molecule has 1 aliphatic rings. The van der Waals surface area contributed by atoms with Gasteiger partial charge < -0.3 is 20.5 Å². The zero-order valence-electron chi connectivity index (χ0n) is 8.88. The lowest BCUT2D eigenvalue weighted by molar-refractivity contribution is 0.171. The van der Waals surface area contributed by atoms with E-state index in [0.717, 1.165) is 5.69 Å². The zero-order chi connectivity index (χ0) is 11.7. The maximum atomic E-state index is 5.73. The summed E-state index contributed by atoms with van der Waals surface area (Å²) in [6.45, 7) is 0.128. The van der Waals surface area contributed by atoms with Crippen molar-refractivity contribution in [2.45, 2.75) is 0 Å². The fraction of sp³-hybridized carbons (Fsp3) is 0.0909. The van der Waals surface area contributed by atoms with E-state index in [9.17, 15) is 0 Å². The predicted molar refractivity (Wildman–Crippen MR) is 62.3 cm³/mol. The minimum Gasteiger partial charge on any atom is -0.448 e. The van der Waals surface area contributed by atoms with E-state index in [0.29, 0.717) is 17.6 Å². The highest BCUT2D eigenvalue weighted by atomic mass is 16.7. The van der Waals surface area contributed by atoms with Crippen molar-refractivity contribution in [3.8, 4) is 11.6 Å². The molecule has 17 heavy (non-hydrogen) atoms. The van der Waals surface area contributed by atoms with E-state index in [1.54, 1.807) is 0 Å². The van der Waals surface area contributed by atoms with Gasteiger partial charge in [-0.1, -0.05) is 18.2 Å². The molecule has 3 N–H and O–H groups in total. The smallest absolute Gasteiger partial charge is 0.267 e. The minimum atomic E-state index is 0.128. The molecule has 0 spiro atoms. The third-order valence-electron chi connectivity index (χ3n) is 2.29. The van der Waals surface area contributed by atoms with Crippen LogP contribution in [-0.4, -0.2) is 16.8 Å². The molecule has 0 radical (unpaired) electrons. The van der Waals surface area contributed by atoms with Crippen molar-refractivity contribution in [3.63, 3.8) is 0 Å². The topological polar surface area (TPSA) is 82.3 Å². The fourth-order valence-electron chi connectivity index (χ4n) is 1.53. The third-order valence-corrected chi connectivity index (χ3v) is 2.29. The second kappa shape index (κ2) is 3.82. The van der Waals surface area contributed by atoms with Crippen LogP contribution in [0.15, 0.2) is 30.3 Å². The monoisotopic (exact) mass is 230 g/mol. The number of fused-ring (bicyclic) bond motifs is 1. The van der Waals surface area contributed by atoms with E-state index in [1.165, 1.54) is 0 Å². The Bertz CT molecular complexity index is 545. The van der Waals surface area contributed by atoms with E-state index >= 15 is 0 Å². The molecule has 0 saturated heterocycles. The Morgan fingerprint density at radius 2 is 1.94 bits per heavy atom. The molecule has 0 bridgehead atoms. The van der Waals surface area contributed by atoms with Crippen LogP contribution in [0.4, 0.5) is 17.5 Å². The number of nitrogens with zero attached hydrogens (tertiary/aromatic N) is 2. The van der Waals surface area contributed by atoms with E-state index in [-0.39, 0.29) is 12.6 Å². The van der Waals surface area contributed by atoms with Crippen LogP contribution in [-0.2, 0) is 0 Å². The molecular weight excluding hydrogens is 220 g/mol. The van der Waals surface area contributed by atoms with Crippen LogP contribution in [0, 0.1) is 0 Å². The summed E-state index contributed by atoms with van der Waals surface area (Å²) in [5.74, 6) is 1.43. The van der Waals surface area contributed by atoms with Crippen LogP contribution < -0.4 is 20.5 Å². The lowest BCUT2D eigenvalue weighted by atomic mass is 10.3. The maximum absolute atomic E-state index is 5.73. The molecule has 86 valence electrons. The SMILES string of the molecule is Nc1nc(Nc2ccccc2)nc2c1OCO2. The van der Waals surface area contributed by atoms with Crippen molar-refractivity contribution in [2.75, 3.05) is 17.8 Å². The van der Waals surface area contributed by atoms with Crippen molar-refractivity contribution in [3.05, 3.63) is 30.3 Å². The summed E-state index contributed by atoms with van der Waals surface area (Å²) in [5.41, 5.74) is 6.61. The molecule has 0 amide bonds. The number of nitrogen functional groups attached to an aromatic ring is 1. The third kappa shape index (κ3) is 1.80. The van der Waals surface area contributed by atoms with Crippen LogP contribution in [0.25, 0.3) is 0 Å². The second-order valence-corrected chi connectivity index (χ2v) is 3.46. The molecule has 0 saturated carbocycles. The number of hydrogen-bond donors (Lipinski definition) is 2. The first-order valence-electron chi connectivity index (χ1n) is 5.08. The number of para-hydroxylation sites is 1. The van der Waals surface area contributed by atoms with Gasteiger partial charge in [0.25, 0.3) is 5.88 Å². The quantitative estimate of drug-likeness (QED) is 0.814. The second-order valence-electron chi connectivity index (χ2n) is 3.46. The summed E-state index contributed by atoms with van der Waals surface area (Å²) in [6.07, 6.45) is 0. The summed E-state index contributed by atoms with van der Waals surface area (Å²) in [6, 6.07) is 9.58. The summed E-state index contributed by atoms with van der Waals surface area (Å²) < 4.78 is 10.3. The molecule has 2 aromatic rings. The Labute approximate surface area is 97.4 Å². The van der Waals surface area contributed by atoms with Crippen molar-refractivity contribution >= 4 is 17.5 Å². The van der Waals surface area contributed by atoms with Crippen molar-refractivity contribution in [1.82, 2.24) is 9.97 Å². The summed E-state index contributed by atoms with van der Waals surface area (Å²) in [5, 5.41) is 3.04. The van der Waals surface area contributed by atoms with Gasteiger partial charge in [-0.2, -0.15) is 9.97 Å². The van der Waals surface area contributed by atoms with Crippen LogP contribution in [0.3, 0.4) is 0 Å². The van der Waals surface area contributed by atoms with Gasteiger partial charge in [0.1, 0.15) is 0 Å². The molecule has 1 aromatic carbocycles. The molecule has 3 rings (SSSR count). The van der Waals surface area contributed by atoms with E-state index in [2.05, 4.69) is 15.3 Å². The first-order valence-corrected chi connectivity index (χ1v) is 5.08. The van der Waals surface area contributed by atoms with Gasteiger partial charge in [-0.05, 0) is 12.1 Å². The van der Waals surface area contributed by atoms with E-state index in [1.807, 2.05) is 30.3 Å². The van der Waals surface area contributed by atoms with Gasteiger partial charge in [-0.25, -0.2) is 0 Å². The summed E-state index contributed by atoms with van der Waals surface area (Å²) >= 11 is 0. The van der Waals surface area contributed by atoms with Gasteiger partial charge in [0.05, 0.1) is 0 Å². The van der Waals surface area contributed by atoms with Gasteiger partial charge in [0, 0.05) is 5.69 Å². The van der Waals surface area contributed by atoms with Gasteiger partial charge in [0.2, 0.25) is 18.5 Å². The number of ether oxygens (including phenoxy) is 2. The molecule has 0 unspecified atom stereocenters. The van der Waals surface area contributed by atoms with Crippen molar-refractivity contribution in [1.29, 1.82) is 0 Å². The van der Waals surface area contributed by atoms with E-state index < -0.39 is 0 Å². The highest BCUT2D eigenvalue weighted by Crippen LogP contribution is 2.35. The molecule has 6 nitrogen and oxygen atoms in total. The maximum Gasteiger partial charge on any atom is 0.267 e. The Morgan fingerprint density at radius 1 is 1.12 bits per heavy atom. The average molecular weight is 230 g/mol. The van der Waals surface area contributed by atoms with Gasteiger partial charge in [0.15, 0.2) is 5.82 Å².